The number of hydrogen-bond donors (Lipinski definition) is 0. The van der Waals surface area contributed by atoms with E-state index in [2.05, 4.69) is 0 Å². The lowest BCUT2D eigenvalue weighted by Crippen LogP contribution is -2.52. The van der Waals surface area contributed by atoms with Crippen LogP contribution in [-0.2, 0) is 22.6 Å². The van der Waals surface area contributed by atoms with Crippen molar-refractivity contribution in [2.45, 2.75) is 57.2 Å². The molecule has 0 saturated heterocycles. The van der Waals surface area contributed by atoms with E-state index in [1.165, 1.54) is 0 Å². The number of para-hydroxylation sites is 2. The lowest BCUT2D eigenvalue weighted by Gasteiger charge is -2.43. The van der Waals surface area contributed by atoms with Gasteiger partial charge in [0.05, 0.1) is 20.1 Å². The highest BCUT2D eigenvalue weighted by atomic mass is 16.5. The SMILES string of the molecule is COc1ccccc1CC(=O)N(C)C1CCC2(CC1)CN(C(C)=O)Cc1ccccc1O2. The Morgan fingerprint density at radius 3 is 2.53 bits per heavy atom. The third-order valence-corrected chi connectivity index (χ3v) is 6.93. The van der Waals surface area contributed by atoms with E-state index >= 15 is 0 Å². The maximum atomic E-state index is 13.0. The Balaban J connectivity index is 1.44. The van der Waals surface area contributed by atoms with Crippen molar-refractivity contribution in [3.8, 4) is 11.5 Å². The first kappa shape index (κ1) is 22.2. The summed E-state index contributed by atoms with van der Waals surface area (Å²) in [6.45, 7) is 2.79. The third kappa shape index (κ3) is 4.59. The predicted molar refractivity (Wildman–Crippen MR) is 123 cm³/mol. The van der Waals surface area contributed by atoms with Crippen LogP contribution in [0, 0.1) is 0 Å². The van der Waals surface area contributed by atoms with E-state index in [1.807, 2.05) is 65.4 Å². The number of carbonyl (C=O) groups is 2. The average Bonchev–Trinajstić information content (AvgIpc) is 2.96. The predicted octanol–water partition coefficient (Wildman–Crippen LogP) is 3.82. The number of amides is 2. The maximum Gasteiger partial charge on any atom is 0.227 e. The van der Waals surface area contributed by atoms with Crippen molar-refractivity contribution >= 4 is 11.8 Å². The summed E-state index contributed by atoms with van der Waals surface area (Å²) in [5, 5.41) is 0. The van der Waals surface area contributed by atoms with Gasteiger partial charge in [0.2, 0.25) is 11.8 Å². The van der Waals surface area contributed by atoms with Crippen molar-refractivity contribution < 1.29 is 19.1 Å². The van der Waals surface area contributed by atoms with E-state index in [0.29, 0.717) is 19.5 Å². The molecule has 1 heterocycles. The molecule has 2 aromatic carbocycles. The zero-order valence-electron chi connectivity index (χ0n) is 19.2. The minimum atomic E-state index is -0.401. The Hall–Kier alpha value is -3.02. The smallest absolute Gasteiger partial charge is 0.227 e. The summed E-state index contributed by atoms with van der Waals surface area (Å²) in [6.07, 6.45) is 3.64. The summed E-state index contributed by atoms with van der Waals surface area (Å²) in [6, 6.07) is 15.8. The highest BCUT2D eigenvalue weighted by Gasteiger charge is 2.43. The summed E-state index contributed by atoms with van der Waals surface area (Å²) < 4.78 is 12.0. The molecule has 4 rings (SSSR count). The van der Waals surface area contributed by atoms with Crippen molar-refractivity contribution in [1.82, 2.24) is 9.80 Å². The van der Waals surface area contributed by atoms with Gasteiger partial charge in [0, 0.05) is 37.7 Å². The second-order valence-electron chi connectivity index (χ2n) is 8.99. The van der Waals surface area contributed by atoms with Crippen molar-refractivity contribution in [2.24, 2.45) is 0 Å². The van der Waals surface area contributed by atoms with Crippen LogP contribution in [0.5, 0.6) is 11.5 Å². The molecule has 0 radical (unpaired) electrons. The maximum absolute atomic E-state index is 13.0. The molecule has 0 bridgehead atoms. The zero-order valence-corrected chi connectivity index (χ0v) is 19.2. The van der Waals surface area contributed by atoms with E-state index < -0.39 is 5.60 Å². The molecular formula is C26H32N2O4. The van der Waals surface area contributed by atoms with Gasteiger partial charge in [-0.15, -0.1) is 0 Å². The molecule has 0 atom stereocenters. The fourth-order valence-corrected chi connectivity index (χ4v) is 4.95. The molecule has 1 spiro atoms. The third-order valence-electron chi connectivity index (χ3n) is 6.93. The lowest BCUT2D eigenvalue weighted by molar-refractivity contribution is -0.134. The quantitative estimate of drug-likeness (QED) is 0.731. The molecular weight excluding hydrogens is 404 g/mol. The zero-order chi connectivity index (χ0) is 22.7. The molecule has 0 aromatic heterocycles. The van der Waals surface area contributed by atoms with Crippen LogP contribution in [0.25, 0.3) is 0 Å². The molecule has 0 unspecified atom stereocenters. The number of ether oxygens (including phenoxy) is 2. The number of rotatable bonds is 4. The van der Waals surface area contributed by atoms with E-state index in [-0.39, 0.29) is 17.9 Å². The Labute approximate surface area is 190 Å². The summed E-state index contributed by atoms with van der Waals surface area (Å²) >= 11 is 0. The first-order chi connectivity index (χ1) is 15.4. The van der Waals surface area contributed by atoms with Gasteiger partial charge in [-0.05, 0) is 37.8 Å². The van der Waals surface area contributed by atoms with E-state index in [1.54, 1.807) is 14.0 Å². The van der Waals surface area contributed by atoms with Gasteiger partial charge >= 0.3 is 0 Å². The van der Waals surface area contributed by atoms with Crippen LogP contribution >= 0.6 is 0 Å². The number of likely N-dealkylation sites (N-methyl/N-ethyl adjacent to an activating group) is 1. The number of carbonyl (C=O) groups excluding carboxylic acids is 2. The first-order valence-corrected chi connectivity index (χ1v) is 11.3. The molecule has 2 aromatic rings. The minimum Gasteiger partial charge on any atom is -0.496 e. The number of hydrogen-bond acceptors (Lipinski definition) is 4. The second-order valence-corrected chi connectivity index (χ2v) is 8.99. The van der Waals surface area contributed by atoms with Crippen molar-refractivity contribution in [1.29, 1.82) is 0 Å². The van der Waals surface area contributed by atoms with Gasteiger partial charge in [0.25, 0.3) is 0 Å². The molecule has 2 aliphatic rings. The lowest BCUT2D eigenvalue weighted by atomic mass is 9.81. The topological polar surface area (TPSA) is 59.1 Å². The fraction of sp³-hybridized carbons (Fsp3) is 0.462. The molecule has 170 valence electrons. The molecule has 2 amide bonds. The molecule has 0 N–H and O–H groups in total. The van der Waals surface area contributed by atoms with Gasteiger partial charge in [-0.1, -0.05) is 36.4 Å². The number of fused-ring (bicyclic) bond motifs is 1. The summed E-state index contributed by atoms with van der Waals surface area (Å²) in [7, 11) is 3.52. The Bertz CT molecular complexity index is 981. The van der Waals surface area contributed by atoms with Crippen molar-refractivity contribution in [3.63, 3.8) is 0 Å². The van der Waals surface area contributed by atoms with Crippen LogP contribution in [0.1, 0.15) is 43.7 Å². The van der Waals surface area contributed by atoms with Crippen LogP contribution in [-0.4, -0.2) is 54.0 Å². The minimum absolute atomic E-state index is 0.0657. The fourth-order valence-electron chi connectivity index (χ4n) is 4.95. The Morgan fingerprint density at radius 1 is 1.12 bits per heavy atom. The molecule has 6 nitrogen and oxygen atoms in total. The normalized spacial score (nSPS) is 22.5. The molecule has 1 aliphatic carbocycles. The largest absolute Gasteiger partial charge is 0.496 e. The van der Waals surface area contributed by atoms with Gasteiger partial charge in [-0.2, -0.15) is 0 Å². The Kier molecular flexibility index (Phi) is 6.40. The van der Waals surface area contributed by atoms with Crippen LogP contribution in [0.3, 0.4) is 0 Å². The average molecular weight is 437 g/mol. The molecule has 1 saturated carbocycles. The van der Waals surface area contributed by atoms with Crippen LogP contribution < -0.4 is 9.47 Å². The van der Waals surface area contributed by atoms with E-state index in [9.17, 15) is 9.59 Å². The van der Waals surface area contributed by atoms with Gasteiger partial charge in [0.1, 0.15) is 17.1 Å². The van der Waals surface area contributed by atoms with E-state index in [4.69, 9.17) is 9.47 Å². The molecule has 32 heavy (non-hydrogen) atoms. The molecule has 6 heteroatoms. The standard InChI is InChI=1S/C26H32N2O4/c1-19(29)28-17-21-9-5-7-11-24(21)32-26(18-28)14-12-22(13-15-26)27(2)25(30)16-20-8-4-6-10-23(20)31-3/h4-11,22H,12-18H2,1-3H3. The van der Waals surface area contributed by atoms with Crippen LogP contribution in [0.2, 0.25) is 0 Å². The summed E-state index contributed by atoms with van der Waals surface area (Å²) in [4.78, 5) is 29.0. The summed E-state index contributed by atoms with van der Waals surface area (Å²) in [5.74, 6) is 1.77. The highest BCUT2D eigenvalue weighted by molar-refractivity contribution is 5.79. The van der Waals surface area contributed by atoms with Crippen LogP contribution in [0.4, 0.5) is 0 Å². The summed E-state index contributed by atoms with van der Waals surface area (Å²) in [5.41, 5.74) is 1.55. The van der Waals surface area contributed by atoms with E-state index in [0.717, 1.165) is 48.3 Å². The van der Waals surface area contributed by atoms with Gasteiger partial charge < -0.3 is 19.3 Å². The highest BCUT2D eigenvalue weighted by Crippen LogP contribution is 2.39. The Morgan fingerprint density at radius 2 is 1.81 bits per heavy atom. The van der Waals surface area contributed by atoms with Crippen molar-refractivity contribution in [3.05, 3.63) is 59.7 Å². The molecule has 1 fully saturated rings. The van der Waals surface area contributed by atoms with Gasteiger partial charge in [0.15, 0.2) is 0 Å². The number of methoxy groups -OCH3 is 1. The molecule has 1 aliphatic heterocycles. The first-order valence-electron chi connectivity index (χ1n) is 11.3. The van der Waals surface area contributed by atoms with Gasteiger partial charge in [-0.3, -0.25) is 9.59 Å². The second kappa shape index (κ2) is 9.23. The van der Waals surface area contributed by atoms with Gasteiger partial charge in [-0.25, -0.2) is 0 Å². The number of benzene rings is 2. The van der Waals surface area contributed by atoms with Crippen molar-refractivity contribution in [2.75, 3.05) is 20.7 Å². The van der Waals surface area contributed by atoms with Crippen LogP contribution in [0.15, 0.2) is 48.5 Å². The monoisotopic (exact) mass is 436 g/mol. The number of nitrogens with zero attached hydrogens (tertiary/aromatic N) is 2.